The highest BCUT2D eigenvalue weighted by molar-refractivity contribution is 5.75. The summed E-state index contributed by atoms with van der Waals surface area (Å²) in [7, 11) is 1.60. The van der Waals surface area contributed by atoms with Gasteiger partial charge in [0.1, 0.15) is 0 Å². The van der Waals surface area contributed by atoms with Crippen LogP contribution in [0, 0.1) is 11.8 Å². The zero-order chi connectivity index (χ0) is 14.0. The van der Waals surface area contributed by atoms with E-state index < -0.39 is 11.9 Å². The Bertz CT molecular complexity index is 256. The van der Waals surface area contributed by atoms with E-state index in [1.165, 1.54) is 0 Å². The summed E-state index contributed by atoms with van der Waals surface area (Å²) in [6, 6.07) is -0.332. The van der Waals surface area contributed by atoms with Gasteiger partial charge in [-0.1, -0.05) is 13.8 Å². The third kappa shape index (κ3) is 8.81. The van der Waals surface area contributed by atoms with E-state index >= 15 is 0 Å². The maximum atomic E-state index is 11.4. The van der Waals surface area contributed by atoms with Gasteiger partial charge >= 0.3 is 12.0 Å². The van der Waals surface area contributed by atoms with Gasteiger partial charge in [0.15, 0.2) is 0 Å². The van der Waals surface area contributed by atoms with E-state index in [-0.39, 0.29) is 18.5 Å². The van der Waals surface area contributed by atoms with Gasteiger partial charge in [-0.05, 0) is 18.8 Å². The van der Waals surface area contributed by atoms with E-state index in [1.54, 1.807) is 7.11 Å². The summed E-state index contributed by atoms with van der Waals surface area (Å²) in [5.41, 5.74) is 0. The number of urea groups is 1. The molecule has 18 heavy (non-hydrogen) atoms. The van der Waals surface area contributed by atoms with Crippen LogP contribution in [-0.4, -0.2) is 43.9 Å². The molecule has 0 radical (unpaired) electrons. The Kier molecular flexibility index (Phi) is 9.00. The van der Waals surface area contributed by atoms with Crippen molar-refractivity contribution in [1.29, 1.82) is 0 Å². The Balaban J connectivity index is 3.82. The fourth-order valence-electron chi connectivity index (χ4n) is 1.54. The normalized spacial score (nSPS) is 12.2. The van der Waals surface area contributed by atoms with Gasteiger partial charge in [-0.15, -0.1) is 0 Å². The standard InChI is InChI=1S/C12H24N2O4/c1-9(2)7-10(11(15)16)8-14-12(17)13-5-4-6-18-3/h9-10H,4-8H2,1-3H3,(H,15,16)(H2,13,14,17). The summed E-state index contributed by atoms with van der Waals surface area (Å²) >= 11 is 0. The first-order chi connectivity index (χ1) is 8.47. The van der Waals surface area contributed by atoms with Gasteiger partial charge in [0, 0.05) is 26.8 Å². The number of carbonyl (C=O) groups excluding carboxylic acids is 1. The fourth-order valence-corrected chi connectivity index (χ4v) is 1.54. The van der Waals surface area contributed by atoms with Crippen LogP contribution in [0.15, 0.2) is 0 Å². The van der Waals surface area contributed by atoms with E-state index in [4.69, 9.17) is 9.84 Å². The molecule has 0 spiro atoms. The first-order valence-corrected chi connectivity index (χ1v) is 6.20. The second-order valence-electron chi connectivity index (χ2n) is 4.65. The minimum atomic E-state index is -0.872. The van der Waals surface area contributed by atoms with Crippen molar-refractivity contribution in [3.8, 4) is 0 Å². The molecule has 6 heteroatoms. The smallest absolute Gasteiger partial charge is 0.314 e. The number of methoxy groups -OCH3 is 1. The molecule has 1 atom stereocenters. The van der Waals surface area contributed by atoms with E-state index in [2.05, 4.69) is 10.6 Å². The van der Waals surface area contributed by atoms with Gasteiger partial charge < -0.3 is 20.5 Å². The number of rotatable bonds is 9. The van der Waals surface area contributed by atoms with E-state index in [0.717, 1.165) is 6.42 Å². The molecule has 1 unspecified atom stereocenters. The van der Waals surface area contributed by atoms with Crippen molar-refractivity contribution in [3.63, 3.8) is 0 Å². The fraction of sp³-hybridized carbons (Fsp3) is 0.833. The molecule has 3 N–H and O–H groups in total. The molecular formula is C12H24N2O4. The van der Waals surface area contributed by atoms with Gasteiger partial charge in [0.25, 0.3) is 0 Å². The average Bonchev–Trinajstić information content (AvgIpc) is 2.29. The summed E-state index contributed by atoms with van der Waals surface area (Å²) < 4.78 is 4.85. The predicted molar refractivity (Wildman–Crippen MR) is 68.5 cm³/mol. The van der Waals surface area contributed by atoms with Crippen LogP contribution in [-0.2, 0) is 9.53 Å². The maximum absolute atomic E-state index is 11.4. The van der Waals surface area contributed by atoms with Gasteiger partial charge in [-0.2, -0.15) is 0 Å². The van der Waals surface area contributed by atoms with Crippen LogP contribution >= 0.6 is 0 Å². The molecule has 0 aliphatic carbocycles. The summed E-state index contributed by atoms with van der Waals surface area (Å²) in [6.07, 6.45) is 1.29. The first-order valence-electron chi connectivity index (χ1n) is 6.20. The number of carboxylic acid groups (broad SMARTS) is 1. The van der Waals surface area contributed by atoms with Crippen LogP contribution < -0.4 is 10.6 Å². The number of carbonyl (C=O) groups is 2. The molecule has 0 aliphatic heterocycles. The highest BCUT2D eigenvalue weighted by Crippen LogP contribution is 2.10. The highest BCUT2D eigenvalue weighted by atomic mass is 16.5. The summed E-state index contributed by atoms with van der Waals surface area (Å²) in [5, 5.41) is 14.2. The molecule has 0 aliphatic rings. The lowest BCUT2D eigenvalue weighted by Gasteiger charge is -2.15. The zero-order valence-electron chi connectivity index (χ0n) is 11.4. The third-order valence-electron chi connectivity index (χ3n) is 2.42. The highest BCUT2D eigenvalue weighted by Gasteiger charge is 2.19. The molecular weight excluding hydrogens is 236 g/mol. The Morgan fingerprint density at radius 3 is 2.44 bits per heavy atom. The van der Waals surface area contributed by atoms with Gasteiger partial charge in [0.2, 0.25) is 0 Å². The molecule has 6 nitrogen and oxygen atoms in total. The lowest BCUT2D eigenvalue weighted by Crippen LogP contribution is -2.40. The predicted octanol–water partition coefficient (Wildman–Crippen LogP) is 1.07. The molecule has 0 aromatic heterocycles. The van der Waals surface area contributed by atoms with E-state index in [9.17, 15) is 9.59 Å². The van der Waals surface area contributed by atoms with Crippen molar-refractivity contribution >= 4 is 12.0 Å². The molecule has 0 saturated carbocycles. The number of nitrogens with one attached hydrogen (secondary N) is 2. The van der Waals surface area contributed by atoms with E-state index in [0.29, 0.717) is 19.6 Å². The quantitative estimate of drug-likeness (QED) is 0.541. The van der Waals surface area contributed by atoms with Gasteiger partial charge in [-0.3, -0.25) is 4.79 Å². The Morgan fingerprint density at radius 1 is 1.28 bits per heavy atom. The molecule has 0 aromatic rings. The van der Waals surface area contributed by atoms with Crippen LogP contribution in [0.25, 0.3) is 0 Å². The number of hydrogen-bond acceptors (Lipinski definition) is 3. The van der Waals surface area contributed by atoms with Crippen LogP contribution in [0.3, 0.4) is 0 Å². The first kappa shape index (κ1) is 16.7. The minimum absolute atomic E-state index is 0.156. The number of amides is 2. The van der Waals surface area contributed by atoms with Crippen LogP contribution in [0.2, 0.25) is 0 Å². The van der Waals surface area contributed by atoms with E-state index in [1.807, 2.05) is 13.8 Å². The molecule has 2 amide bonds. The Hall–Kier alpha value is -1.30. The van der Waals surface area contributed by atoms with Crippen molar-refractivity contribution in [2.45, 2.75) is 26.7 Å². The molecule has 0 heterocycles. The molecule has 106 valence electrons. The van der Waals surface area contributed by atoms with Crippen molar-refractivity contribution < 1.29 is 19.4 Å². The minimum Gasteiger partial charge on any atom is -0.481 e. The van der Waals surface area contributed by atoms with Crippen LogP contribution in [0.1, 0.15) is 26.7 Å². The summed E-state index contributed by atoms with van der Waals surface area (Å²) in [4.78, 5) is 22.3. The Morgan fingerprint density at radius 2 is 1.94 bits per heavy atom. The molecule has 0 aromatic carbocycles. The van der Waals surface area contributed by atoms with Gasteiger partial charge in [-0.25, -0.2) is 4.79 Å². The molecule has 0 fully saturated rings. The number of aliphatic carboxylic acids is 1. The van der Waals surface area contributed by atoms with Crippen molar-refractivity contribution in [3.05, 3.63) is 0 Å². The summed E-state index contributed by atoms with van der Waals surface area (Å²) in [6.45, 7) is 5.18. The largest absolute Gasteiger partial charge is 0.481 e. The lowest BCUT2D eigenvalue weighted by molar-refractivity contribution is -0.142. The second-order valence-corrected chi connectivity index (χ2v) is 4.65. The third-order valence-corrected chi connectivity index (χ3v) is 2.42. The summed E-state index contributed by atoms with van der Waals surface area (Å²) in [5.74, 6) is -1.12. The van der Waals surface area contributed by atoms with Crippen LogP contribution in [0.4, 0.5) is 4.79 Å². The van der Waals surface area contributed by atoms with Crippen molar-refractivity contribution in [1.82, 2.24) is 10.6 Å². The topological polar surface area (TPSA) is 87.7 Å². The lowest BCUT2D eigenvalue weighted by atomic mass is 9.97. The van der Waals surface area contributed by atoms with Gasteiger partial charge in [0.05, 0.1) is 5.92 Å². The maximum Gasteiger partial charge on any atom is 0.314 e. The van der Waals surface area contributed by atoms with Crippen molar-refractivity contribution in [2.75, 3.05) is 26.8 Å². The molecule has 0 rings (SSSR count). The Labute approximate surface area is 108 Å². The monoisotopic (exact) mass is 260 g/mol. The van der Waals surface area contributed by atoms with Crippen molar-refractivity contribution in [2.24, 2.45) is 11.8 Å². The molecule has 0 saturated heterocycles. The second kappa shape index (κ2) is 9.70. The zero-order valence-corrected chi connectivity index (χ0v) is 11.4. The average molecular weight is 260 g/mol. The molecule has 0 bridgehead atoms. The number of carboxylic acids is 1. The number of ether oxygens (including phenoxy) is 1. The number of hydrogen-bond donors (Lipinski definition) is 3. The SMILES string of the molecule is COCCCNC(=O)NCC(CC(C)C)C(=O)O. The van der Waals surface area contributed by atoms with Crippen LogP contribution in [0.5, 0.6) is 0 Å².